The zero-order valence-corrected chi connectivity index (χ0v) is 10.2. The molecule has 0 bridgehead atoms. The molecule has 0 radical (unpaired) electrons. The number of hydrogen-bond donors (Lipinski definition) is 4. The lowest BCUT2D eigenvalue weighted by atomic mass is 10.1. The maximum atomic E-state index is 9.78. The zero-order chi connectivity index (χ0) is 14.3. The summed E-state index contributed by atoms with van der Waals surface area (Å²) in [6, 6.07) is 0. The first-order chi connectivity index (χ1) is 9.61. The first-order valence-corrected chi connectivity index (χ1v) is 5.85. The highest BCUT2D eigenvalue weighted by molar-refractivity contribution is 5.80. The van der Waals surface area contributed by atoms with Crippen molar-refractivity contribution in [2.45, 2.75) is 24.6 Å². The number of nitrogens with two attached hydrogens (primary N) is 1. The molecule has 5 N–H and O–H groups in total. The summed E-state index contributed by atoms with van der Waals surface area (Å²) in [5, 5.41) is 28.4. The van der Waals surface area contributed by atoms with Crippen LogP contribution in [0.15, 0.2) is 12.7 Å². The summed E-state index contributed by atoms with van der Waals surface area (Å²) in [4.78, 5) is 17.1. The Labute approximate surface area is 112 Å². The van der Waals surface area contributed by atoms with Gasteiger partial charge in [0.25, 0.3) is 6.29 Å². The average molecular weight is 283 g/mol. The predicted octanol–water partition coefficient (Wildman–Crippen LogP) is -2.72. The number of aliphatic hydroxyl groups excluding tert-OH is 3. The second-order valence-electron chi connectivity index (χ2n) is 4.31. The van der Waals surface area contributed by atoms with Gasteiger partial charge in [-0.2, -0.15) is 0 Å². The summed E-state index contributed by atoms with van der Waals surface area (Å²) < 4.78 is 6.35. The van der Waals surface area contributed by atoms with Gasteiger partial charge in [0.2, 0.25) is 5.65 Å². The highest BCUT2D eigenvalue weighted by Gasteiger charge is 2.44. The van der Waals surface area contributed by atoms with Crippen LogP contribution in [0.3, 0.4) is 0 Å². The summed E-state index contributed by atoms with van der Waals surface area (Å²) in [6.45, 7) is -0.433. The fourth-order valence-electron chi connectivity index (χ4n) is 1.97. The van der Waals surface area contributed by atoms with Gasteiger partial charge in [-0.15, -0.1) is 4.73 Å². The minimum absolute atomic E-state index is 0.193. The standard InChI is InChI=1S/C10H13N5O5/c11-8-5-9(13-2-12-8)15(3-14-5)20-10-7(18)6(17)4(1-16)19-10/h2-4,6-7,10,16-18H,1H2,(H2,11,12,13)/t4-,6+,7-,10-/m1/s1. The second kappa shape index (κ2) is 4.83. The Balaban J connectivity index is 1.85. The molecule has 0 unspecified atom stereocenters. The van der Waals surface area contributed by atoms with Crippen LogP contribution in [0.25, 0.3) is 11.2 Å². The molecular formula is C10H13N5O5. The molecule has 1 aliphatic rings. The summed E-state index contributed by atoms with van der Waals surface area (Å²) in [5.41, 5.74) is 6.28. The second-order valence-corrected chi connectivity index (χ2v) is 4.31. The quantitative estimate of drug-likeness (QED) is 0.471. The molecule has 0 saturated carbocycles. The summed E-state index contributed by atoms with van der Waals surface area (Å²) >= 11 is 0. The normalized spacial score (nSPS) is 29.9. The molecule has 108 valence electrons. The molecule has 3 rings (SSSR count). The molecule has 1 saturated heterocycles. The van der Waals surface area contributed by atoms with Gasteiger partial charge in [0.1, 0.15) is 31.0 Å². The van der Waals surface area contributed by atoms with E-state index in [-0.39, 0.29) is 5.82 Å². The maximum absolute atomic E-state index is 9.78. The first kappa shape index (κ1) is 13.0. The van der Waals surface area contributed by atoms with Gasteiger partial charge < -0.3 is 30.6 Å². The average Bonchev–Trinajstić information content (AvgIpc) is 2.97. The molecule has 10 nitrogen and oxygen atoms in total. The number of fused-ring (bicyclic) bond motifs is 1. The van der Waals surface area contributed by atoms with Crippen LogP contribution >= 0.6 is 0 Å². The van der Waals surface area contributed by atoms with E-state index in [9.17, 15) is 10.2 Å². The van der Waals surface area contributed by atoms with E-state index in [0.717, 1.165) is 4.73 Å². The smallest absolute Gasteiger partial charge is 0.254 e. The number of aliphatic hydroxyl groups is 3. The fourth-order valence-corrected chi connectivity index (χ4v) is 1.97. The monoisotopic (exact) mass is 283 g/mol. The van der Waals surface area contributed by atoms with Gasteiger partial charge in [0, 0.05) is 0 Å². The number of hydrogen-bond acceptors (Lipinski definition) is 9. The van der Waals surface area contributed by atoms with E-state index in [2.05, 4.69) is 15.0 Å². The molecule has 1 aliphatic heterocycles. The number of anilines is 1. The predicted molar refractivity (Wildman–Crippen MR) is 64.1 cm³/mol. The van der Waals surface area contributed by atoms with Crippen LogP contribution in [0.2, 0.25) is 0 Å². The van der Waals surface area contributed by atoms with E-state index in [1.165, 1.54) is 12.7 Å². The zero-order valence-electron chi connectivity index (χ0n) is 10.2. The van der Waals surface area contributed by atoms with E-state index in [0.29, 0.717) is 11.2 Å². The highest BCUT2D eigenvalue weighted by Crippen LogP contribution is 2.21. The number of nitrogen functional groups attached to an aromatic ring is 1. The van der Waals surface area contributed by atoms with Crippen molar-refractivity contribution in [1.82, 2.24) is 19.7 Å². The minimum atomic E-state index is -1.30. The van der Waals surface area contributed by atoms with Crippen LogP contribution in [-0.4, -0.2) is 66.2 Å². The Bertz CT molecular complexity index is 619. The van der Waals surface area contributed by atoms with E-state index in [4.69, 9.17) is 20.4 Å². The molecule has 0 spiro atoms. The molecule has 10 heteroatoms. The minimum Gasteiger partial charge on any atom is -0.394 e. The number of imidazole rings is 1. The van der Waals surface area contributed by atoms with Gasteiger partial charge >= 0.3 is 0 Å². The largest absolute Gasteiger partial charge is 0.394 e. The third kappa shape index (κ3) is 1.94. The van der Waals surface area contributed by atoms with Gasteiger partial charge in [-0.1, -0.05) is 0 Å². The Hall–Kier alpha value is -2.01. The van der Waals surface area contributed by atoms with Gasteiger partial charge in [-0.25, -0.2) is 15.0 Å². The molecule has 4 atom stereocenters. The van der Waals surface area contributed by atoms with Crippen molar-refractivity contribution in [3.05, 3.63) is 12.7 Å². The topological polar surface area (TPSA) is 149 Å². The van der Waals surface area contributed by atoms with Crippen LogP contribution in [0.1, 0.15) is 0 Å². The van der Waals surface area contributed by atoms with Crippen LogP contribution in [-0.2, 0) is 4.74 Å². The van der Waals surface area contributed by atoms with Gasteiger partial charge in [0.15, 0.2) is 11.3 Å². The number of ether oxygens (including phenoxy) is 1. The maximum Gasteiger partial charge on any atom is 0.254 e. The fraction of sp³-hybridized carbons (Fsp3) is 0.500. The van der Waals surface area contributed by atoms with Crippen molar-refractivity contribution >= 4 is 17.0 Å². The number of aromatic nitrogens is 4. The Morgan fingerprint density at radius 1 is 1.30 bits per heavy atom. The molecule has 2 aromatic rings. The van der Waals surface area contributed by atoms with Crippen LogP contribution < -0.4 is 10.6 Å². The third-order valence-corrected chi connectivity index (χ3v) is 3.05. The molecule has 1 fully saturated rings. The van der Waals surface area contributed by atoms with Crippen molar-refractivity contribution in [2.75, 3.05) is 12.3 Å². The molecular weight excluding hydrogens is 270 g/mol. The number of rotatable bonds is 3. The van der Waals surface area contributed by atoms with E-state index in [1.54, 1.807) is 0 Å². The molecule has 0 aliphatic carbocycles. The van der Waals surface area contributed by atoms with Crippen LogP contribution in [0.5, 0.6) is 0 Å². The van der Waals surface area contributed by atoms with Crippen molar-refractivity contribution in [1.29, 1.82) is 0 Å². The van der Waals surface area contributed by atoms with Gasteiger partial charge in [-0.05, 0) is 0 Å². The summed E-state index contributed by atoms with van der Waals surface area (Å²) in [7, 11) is 0. The first-order valence-electron chi connectivity index (χ1n) is 5.85. The van der Waals surface area contributed by atoms with Crippen LogP contribution in [0.4, 0.5) is 5.82 Å². The Morgan fingerprint density at radius 2 is 2.10 bits per heavy atom. The Kier molecular flexibility index (Phi) is 3.14. The van der Waals surface area contributed by atoms with Crippen molar-refractivity contribution in [3.8, 4) is 0 Å². The Morgan fingerprint density at radius 3 is 2.80 bits per heavy atom. The summed E-state index contributed by atoms with van der Waals surface area (Å²) in [5.74, 6) is 0.193. The lowest BCUT2D eigenvalue weighted by Gasteiger charge is -2.16. The molecule has 0 amide bonds. The van der Waals surface area contributed by atoms with Crippen LogP contribution in [0, 0.1) is 0 Å². The lowest BCUT2D eigenvalue weighted by molar-refractivity contribution is -0.169. The molecule has 0 aromatic carbocycles. The third-order valence-electron chi connectivity index (χ3n) is 3.05. The van der Waals surface area contributed by atoms with E-state index >= 15 is 0 Å². The molecule has 2 aromatic heterocycles. The van der Waals surface area contributed by atoms with Gasteiger partial charge in [0.05, 0.1) is 6.61 Å². The van der Waals surface area contributed by atoms with Crippen molar-refractivity contribution in [3.63, 3.8) is 0 Å². The lowest BCUT2D eigenvalue weighted by Crippen LogP contribution is -2.38. The number of nitrogens with zero attached hydrogens (tertiary/aromatic N) is 4. The SMILES string of the molecule is Nc1ncnc2c1ncn2O[C@H]1O[C@H](CO)[C@H](O)[C@H]1O. The summed E-state index contributed by atoms with van der Waals surface area (Å²) in [6.07, 6.45) is -2.07. The van der Waals surface area contributed by atoms with Crippen molar-refractivity contribution < 1.29 is 24.9 Å². The highest BCUT2D eigenvalue weighted by atomic mass is 16.8. The van der Waals surface area contributed by atoms with E-state index in [1.807, 2.05) is 0 Å². The molecule has 3 heterocycles. The van der Waals surface area contributed by atoms with E-state index < -0.39 is 31.2 Å². The van der Waals surface area contributed by atoms with Crippen molar-refractivity contribution in [2.24, 2.45) is 0 Å². The molecule has 20 heavy (non-hydrogen) atoms. The van der Waals surface area contributed by atoms with Gasteiger partial charge in [-0.3, -0.25) is 0 Å².